The van der Waals surface area contributed by atoms with Gasteiger partial charge in [0.2, 0.25) is 0 Å². The van der Waals surface area contributed by atoms with Crippen LogP contribution in [-0.2, 0) is 6.54 Å². The highest BCUT2D eigenvalue weighted by Gasteiger charge is 2.07. The molecular formula is C15H15ClFNO. The summed E-state index contributed by atoms with van der Waals surface area (Å²) in [4.78, 5) is 0. The van der Waals surface area contributed by atoms with Crippen LogP contribution in [0, 0.1) is 5.82 Å². The van der Waals surface area contributed by atoms with E-state index in [9.17, 15) is 9.50 Å². The summed E-state index contributed by atoms with van der Waals surface area (Å²) >= 11 is 5.97. The van der Waals surface area contributed by atoms with Gasteiger partial charge in [-0.05, 0) is 30.7 Å². The van der Waals surface area contributed by atoms with Crippen molar-refractivity contribution in [3.8, 4) is 0 Å². The SMILES string of the molecule is CC(O)c1ccccc1NCc1ccc(F)cc1Cl. The van der Waals surface area contributed by atoms with E-state index in [4.69, 9.17) is 11.6 Å². The van der Waals surface area contributed by atoms with Crippen LogP contribution in [0.1, 0.15) is 24.2 Å². The number of para-hydroxylation sites is 1. The summed E-state index contributed by atoms with van der Waals surface area (Å²) in [6.07, 6.45) is -0.549. The molecule has 0 aliphatic heterocycles. The molecule has 0 fully saturated rings. The summed E-state index contributed by atoms with van der Waals surface area (Å²) in [5, 5.41) is 13.3. The average Bonchev–Trinajstić information content (AvgIpc) is 2.38. The number of aliphatic hydroxyl groups is 1. The fourth-order valence-electron chi connectivity index (χ4n) is 1.88. The maximum atomic E-state index is 12.9. The van der Waals surface area contributed by atoms with Gasteiger partial charge in [-0.25, -0.2) is 4.39 Å². The third-order valence-electron chi connectivity index (χ3n) is 2.90. The van der Waals surface area contributed by atoms with Crippen molar-refractivity contribution in [2.45, 2.75) is 19.6 Å². The van der Waals surface area contributed by atoms with Crippen LogP contribution >= 0.6 is 11.6 Å². The van der Waals surface area contributed by atoms with Crippen LogP contribution in [-0.4, -0.2) is 5.11 Å². The molecule has 2 aromatic carbocycles. The van der Waals surface area contributed by atoms with Crippen LogP contribution in [0.5, 0.6) is 0 Å². The van der Waals surface area contributed by atoms with Gasteiger partial charge in [-0.1, -0.05) is 35.9 Å². The number of rotatable bonds is 4. The average molecular weight is 280 g/mol. The Kier molecular flexibility index (Phi) is 4.40. The van der Waals surface area contributed by atoms with E-state index in [1.54, 1.807) is 13.0 Å². The van der Waals surface area contributed by atoms with Gasteiger partial charge in [-0.2, -0.15) is 0 Å². The zero-order valence-corrected chi connectivity index (χ0v) is 11.3. The van der Waals surface area contributed by atoms with Gasteiger partial charge >= 0.3 is 0 Å². The fourth-order valence-corrected chi connectivity index (χ4v) is 2.11. The molecule has 2 aromatic rings. The Morgan fingerprint density at radius 1 is 1.26 bits per heavy atom. The molecule has 4 heteroatoms. The van der Waals surface area contributed by atoms with Crippen LogP contribution in [0.25, 0.3) is 0 Å². The van der Waals surface area contributed by atoms with E-state index in [-0.39, 0.29) is 5.82 Å². The lowest BCUT2D eigenvalue weighted by molar-refractivity contribution is 0.200. The lowest BCUT2D eigenvalue weighted by Crippen LogP contribution is -2.04. The zero-order chi connectivity index (χ0) is 13.8. The second kappa shape index (κ2) is 6.04. The molecule has 0 saturated heterocycles. The van der Waals surface area contributed by atoms with Gasteiger partial charge in [0.05, 0.1) is 6.10 Å². The molecule has 0 heterocycles. The molecule has 0 aliphatic carbocycles. The van der Waals surface area contributed by atoms with Crippen molar-refractivity contribution in [2.24, 2.45) is 0 Å². The summed E-state index contributed by atoms with van der Waals surface area (Å²) in [6, 6.07) is 11.8. The van der Waals surface area contributed by atoms with Crippen LogP contribution in [0.2, 0.25) is 5.02 Å². The van der Waals surface area contributed by atoms with Crippen molar-refractivity contribution in [1.82, 2.24) is 0 Å². The molecule has 0 radical (unpaired) electrons. The molecule has 2 N–H and O–H groups in total. The second-order valence-electron chi connectivity index (χ2n) is 4.35. The highest BCUT2D eigenvalue weighted by molar-refractivity contribution is 6.31. The smallest absolute Gasteiger partial charge is 0.124 e. The zero-order valence-electron chi connectivity index (χ0n) is 10.5. The van der Waals surface area contributed by atoms with E-state index in [2.05, 4.69) is 5.32 Å². The molecule has 1 atom stereocenters. The molecule has 0 aromatic heterocycles. The monoisotopic (exact) mass is 279 g/mol. The van der Waals surface area contributed by atoms with Crippen molar-refractivity contribution in [1.29, 1.82) is 0 Å². The molecule has 0 spiro atoms. The Hall–Kier alpha value is -1.58. The number of aliphatic hydroxyl groups excluding tert-OH is 1. The predicted molar refractivity (Wildman–Crippen MR) is 75.8 cm³/mol. The van der Waals surface area contributed by atoms with Gasteiger partial charge in [0, 0.05) is 22.8 Å². The summed E-state index contributed by atoms with van der Waals surface area (Å²) in [7, 11) is 0. The Bertz CT molecular complexity index is 572. The van der Waals surface area contributed by atoms with E-state index in [1.165, 1.54) is 12.1 Å². The molecule has 1 unspecified atom stereocenters. The van der Waals surface area contributed by atoms with Crippen molar-refractivity contribution in [3.63, 3.8) is 0 Å². The molecular weight excluding hydrogens is 265 g/mol. The standard InChI is InChI=1S/C15H15ClFNO/c1-10(19)13-4-2-3-5-15(13)18-9-11-6-7-12(17)8-14(11)16/h2-8,10,18-19H,9H2,1H3. The lowest BCUT2D eigenvalue weighted by atomic mass is 10.1. The van der Waals surface area contributed by atoms with Crippen LogP contribution in [0.4, 0.5) is 10.1 Å². The van der Waals surface area contributed by atoms with Crippen LogP contribution < -0.4 is 5.32 Å². The summed E-state index contributed by atoms with van der Waals surface area (Å²) < 4.78 is 12.9. The third kappa shape index (κ3) is 3.46. The largest absolute Gasteiger partial charge is 0.389 e. The normalized spacial score (nSPS) is 12.2. The first-order chi connectivity index (χ1) is 9.08. The Balaban J connectivity index is 2.14. The van der Waals surface area contributed by atoms with Gasteiger partial charge in [0.1, 0.15) is 5.82 Å². The topological polar surface area (TPSA) is 32.3 Å². The van der Waals surface area contributed by atoms with E-state index in [1.807, 2.05) is 24.3 Å². The quantitative estimate of drug-likeness (QED) is 0.881. The minimum atomic E-state index is -0.549. The highest BCUT2D eigenvalue weighted by atomic mass is 35.5. The maximum absolute atomic E-state index is 12.9. The number of halogens is 2. The molecule has 0 bridgehead atoms. The first-order valence-corrected chi connectivity index (χ1v) is 6.40. The Labute approximate surface area is 116 Å². The van der Waals surface area contributed by atoms with Gasteiger partial charge in [-0.15, -0.1) is 0 Å². The third-order valence-corrected chi connectivity index (χ3v) is 3.25. The fraction of sp³-hybridized carbons (Fsp3) is 0.200. The molecule has 0 aliphatic rings. The number of hydrogen-bond donors (Lipinski definition) is 2. The number of benzene rings is 2. The molecule has 0 saturated carbocycles. The van der Waals surface area contributed by atoms with E-state index in [0.29, 0.717) is 11.6 Å². The number of hydrogen-bond acceptors (Lipinski definition) is 2. The van der Waals surface area contributed by atoms with E-state index in [0.717, 1.165) is 16.8 Å². The first-order valence-electron chi connectivity index (χ1n) is 6.02. The Morgan fingerprint density at radius 3 is 2.68 bits per heavy atom. The minimum absolute atomic E-state index is 0.349. The van der Waals surface area contributed by atoms with Gasteiger partial charge in [-0.3, -0.25) is 0 Å². The molecule has 2 nitrogen and oxygen atoms in total. The van der Waals surface area contributed by atoms with E-state index < -0.39 is 6.10 Å². The maximum Gasteiger partial charge on any atom is 0.124 e. The molecule has 19 heavy (non-hydrogen) atoms. The Morgan fingerprint density at radius 2 is 2.00 bits per heavy atom. The van der Waals surface area contributed by atoms with Gasteiger partial charge < -0.3 is 10.4 Å². The number of anilines is 1. The van der Waals surface area contributed by atoms with Gasteiger partial charge in [0.15, 0.2) is 0 Å². The van der Waals surface area contributed by atoms with Crippen LogP contribution in [0.15, 0.2) is 42.5 Å². The van der Waals surface area contributed by atoms with Crippen molar-refractivity contribution in [2.75, 3.05) is 5.32 Å². The van der Waals surface area contributed by atoms with Crippen LogP contribution in [0.3, 0.4) is 0 Å². The minimum Gasteiger partial charge on any atom is -0.389 e. The molecule has 0 amide bonds. The number of nitrogens with one attached hydrogen (secondary N) is 1. The predicted octanol–water partition coefficient (Wildman–Crippen LogP) is 4.14. The first kappa shape index (κ1) is 13.8. The van der Waals surface area contributed by atoms with Gasteiger partial charge in [0.25, 0.3) is 0 Å². The highest BCUT2D eigenvalue weighted by Crippen LogP contribution is 2.24. The summed E-state index contributed by atoms with van der Waals surface area (Å²) in [6.45, 7) is 2.19. The molecule has 2 rings (SSSR count). The van der Waals surface area contributed by atoms with Crippen molar-refractivity contribution in [3.05, 3.63) is 64.4 Å². The second-order valence-corrected chi connectivity index (χ2v) is 4.76. The molecule has 100 valence electrons. The summed E-state index contributed by atoms with van der Waals surface area (Å²) in [5.74, 6) is -0.349. The van der Waals surface area contributed by atoms with Crippen molar-refractivity contribution >= 4 is 17.3 Å². The van der Waals surface area contributed by atoms with Crippen molar-refractivity contribution < 1.29 is 9.50 Å². The van der Waals surface area contributed by atoms with E-state index >= 15 is 0 Å². The summed E-state index contributed by atoms with van der Waals surface area (Å²) in [5.41, 5.74) is 2.47. The lowest BCUT2D eigenvalue weighted by Gasteiger charge is -2.14.